The Hall–Kier alpha value is -4.44. The fraction of sp³-hybridized carbons (Fsp3) is 0.593. The van der Waals surface area contributed by atoms with Gasteiger partial charge in [0, 0.05) is 36.7 Å². The molecule has 17 heteroatoms. The summed E-state index contributed by atoms with van der Waals surface area (Å²) in [6, 6.07) is -1.37. The molecule has 0 bridgehead atoms. The van der Waals surface area contributed by atoms with E-state index in [4.69, 9.17) is 0 Å². The Morgan fingerprint density at radius 3 is 2.18 bits per heavy atom. The average Bonchev–Trinajstić information content (AvgIpc) is 3.29. The summed E-state index contributed by atoms with van der Waals surface area (Å²) in [6.07, 6.45) is -6.94. The topological polar surface area (TPSA) is 205 Å². The van der Waals surface area contributed by atoms with Crippen LogP contribution >= 0.6 is 0 Å². The highest BCUT2D eigenvalue weighted by Gasteiger charge is 2.37. The predicted molar refractivity (Wildman–Crippen MR) is 147 cm³/mol. The Balaban J connectivity index is 2.27. The number of halogens is 3. The third-order valence-corrected chi connectivity index (χ3v) is 6.33. The van der Waals surface area contributed by atoms with Crippen molar-refractivity contribution in [3.05, 3.63) is 23.9 Å². The van der Waals surface area contributed by atoms with Crippen molar-refractivity contribution in [2.24, 2.45) is 11.8 Å². The highest BCUT2D eigenvalue weighted by Crippen LogP contribution is 2.21. The van der Waals surface area contributed by atoms with Crippen LogP contribution in [0.25, 0.3) is 0 Å². The van der Waals surface area contributed by atoms with Gasteiger partial charge in [-0.15, -0.1) is 13.2 Å². The molecule has 44 heavy (non-hydrogen) atoms. The number of hydrogen-bond acceptors (Lipinski definition) is 8. The second-order valence-corrected chi connectivity index (χ2v) is 11.0. The van der Waals surface area contributed by atoms with E-state index in [2.05, 4.69) is 31.0 Å². The van der Waals surface area contributed by atoms with E-state index in [1.54, 1.807) is 27.7 Å². The van der Waals surface area contributed by atoms with Crippen molar-refractivity contribution in [1.82, 2.24) is 31.6 Å². The smallest absolute Gasteiger partial charge is 0.465 e. The first-order valence-electron chi connectivity index (χ1n) is 13.9. The molecule has 1 aromatic rings. The van der Waals surface area contributed by atoms with Gasteiger partial charge in [-0.05, 0) is 45.1 Å². The maximum atomic E-state index is 13.4. The first kappa shape index (κ1) is 35.8. The minimum Gasteiger partial charge on any atom is -0.465 e. The van der Waals surface area contributed by atoms with E-state index in [0.29, 0.717) is 13.0 Å². The van der Waals surface area contributed by atoms with Crippen molar-refractivity contribution in [2.75, 3.05) is 6.54 Å². The molecule has 2 rings (SSSR count). The lowest BCUT2D eigenvalue weighted by Gasteiger charge is -2.26. The predicted octanol–water partition coefficient (Wildman–Crippen LogP) is 0.795. The number of amides is 5. The largest absolute Gasteiger partial charge is 0.574 e. The Morgan fingerprint density at radius 2 is 1.64 bits per heavy atom. The van der Waals surface area contributed by atoms with E-state index in [1.165, 1.54) is 12.1 Å². The Morgan fingerprint density at radius 1 is 1.00 bits per heavy atom. The van der Waals surface area contributed by atoms with E-state index in [0.717, 1.165) is 6.07 Å². The molecule has 0 saturated carbocycles. The van der Waals surface area contributed by atoms with E-state index in [1.807, 2.05) is 5.32 Å². The van der Waals surface area contributed by atoms with Crippen LogP contribution in [0.4, 0.5) is 18.0 Å². The standard InChI is InChI=1S/C27H37F3N6O8/c1-13(2)10-18(23(39)34-17(11-15-8-9-31-22(15)38)21(37)25(41)32-14(3)4)35-24(40)19(36-26(42)43)12-16-6-5-7-20(33-16)44-27(28,29)30/h5-7,13-15,17-19,36H,8-12H2,1-4H3,(H,31,38)(H,32,41)(H,34,39)(H,35,40)(H,42,43)/t15-,17?,18?,19?/m0/s1. The number of carbonyl (C=O) groups is 6. The molecule has 14 nitrogen and oxygen atoms in total. The fourth-order valence-corrected chi connectivity index (χ4v) is 4.44. The number of ketones is 1. The molecule has 4 atom stereocenters. The molecule has 0 spiro atoms. The quantitative estimate of drug-likeness (QED) is 0.151. The van der Waals surface area contributed by atoms with Gasteiger partial charge < -0.3 is 36.4 Å². The van der Waals surface area contributed by atoms with Crippen molar-refractivity contribution >= 4 is 35.5 Å². The third-order valence-electron chi connectivity index (χ3n) is 6.33. The number of carbonyl (C=O) groups excluding carboxylic acids is 5. The number of nitrogens with zero attached hydrogens (tertiary/aromatic N) is 1. The monoisotopic (exact) mass is 630 g/mol. The van der Waals surface area contributed by atoms with Crippen molar-refractivity contribution in [3.8, 4) is 5.88 Å². The molecule has 2 heterocycles. The number of aromatic nitrogens is 1. The number of Topliss-reactive ketones (excluding diaryl/α,β-unsaturated/α-hetero) is 1. The maximum Gasteiger partial charge on any atom is 0.574 e. The zero-order chi connectivity index (χ0) is 33.2. The van der Waals surface area contributed by atoms with E-state index >= 15 is 0 Å². The summed E-state index contributed by atoms with van der Waals surface area (Å²) in [5.41, 5.74) is -0.123. The summed E-state index contributed by atoms with van der Waals surface area (Å²) >= 11 is 0. The van der Waals surface area contributed by atoms with Crippen LogP contribution in [0.3, 0.4) is 0 Å². The molecular formula is C27H37F3N6O8. The summed E-state index contributed by atoms with van der Waals surface area (Å²) in [5, 5.41) is 21.2. The normalized spacial score (nSPS) is 16.8. The lowest BCUT2D eigenvalue weighted by molar-refractivity contribution is -0.276. The first-order valence-corrected chi connectivity index (χ1v) is 13.9. The van der Waals surface area contributed by atoms with Gasteiger partial charge in [-0.2, -0.15) is 0 Å². The second kappa shape index (κ2) is 15.9. The van der Waals surface area contributed by atoms with Crippen LogP contribution in [-0.2, 0) is 30.4 Å². The zero-order valence-electron chi connectivity index (χ0n) is 24.6. The summed E-state index contributed by atoms with van der Waals surface area (Å²) < 4.78 is 41.6. The molecule has 0 aliphatic carbocycles. The highest BCUT2D eigenvalue weighted by molar-refractivity contribution is 6.38. The van der Waals surface area contributed by atoms with Crippen molar-refractivity contribution in [1.29, 1.82) is 0 Å². The van der Waals surface area contributed by atoms with Gasteiger partial charge in [0.1, 0.15) is 12.1 Å². The number of carboxylic acid groups (broad SMARTS) is 1. The number of rotatable bonds is 15. The van der Waals surface area contributed by atoms with Crippen LogP contribution in [0.1, 0.15) is 52.7 Å². The summed E-state index contributed by atoms with van der Waals surface area (Å²) in [6.45, 7) is 7.09. The molecule has 6 N–H and O–H groups in total. The van der Waals surface area contributed by atoms with Gasteiger partial charge in [0.05, 0.1) is 6.04 Å². The summed E-state index contributed by atoms with van der Waals surface area (Å²) in [4.78, 5) is 79.4. The van der Waals surface area contributed by atoms with E-state index in [-0.39, 0.29) is 36.4 Å². The minimum atomic E-state index is -5.03. The summed E-state index contributed by atoms with van der Waals surface area (Å²) in [5.74, 6) is -5.84. The molecule has 1 saturated heterocycles. The van der Waals surface area contributed by atoms with Gasteiger partial charge in [-0.25, -0.2) is 9.78 Å². The van der Waals surface area contributed by atoms with Gasteiger partial charge >= 0.3 is 12.5 Å². The van der Waals surface area contributed by atoms with Gasteiger partial charge in [-0.3, -0.25) is 24.0 Å². The SMILES string of the molecule is CC(C)CC(NC(=O)C(Cc1cccc(OC(F)(F)F)n1)NC(=O)O)C(=O)NC(C[C@@H]1CCNC1=O)C(=O)C(=O)NC(C)C. The number of ether oxygens (including phenoxy) is 1. The van der Waals surface area contributed by atoms with Crippen LogP contribution in [-0.4, -0.2) is 82.7 Å². The highest BCUT2D eigenvalue weighted by atomic mass is 19.4. The molecule has 0 radical (unpaired) electrons. The van der Waals surface area contributed by atoms with Gasteiger partial charge in [0.2, 0.25) is 29.4 Å². The Labute approximate surface area is 251 Å². The van der Waals surface area contributed by atoms with Crippen LogP contribution in [0.15, 0.2) is 18.2 Å². The molecule has 1 aromatic heterocycles. The van der Waals surface area contributed by atoms with Crippen molar-refractivity contribution < 1.29 is 51.8 Å². The number of hydrogen-bond donors (Lipinski definition) is 6. The Kier molecular flexibility index (Phi) is 12.9. The van der Waals surface area contributed by atoms with Crippen molar-refractivity contribution in [2.45, 2.75) is 83.9 Å². The molecule has 244 valence electrons. The first-order chi connectivity index (χ1) is 20.4. The number of pyridine rings is 1. The molecule has 1 fully saturated rings. The minimum absolute atomic E-state index is 0.0214. The van der Waals surface area contributed by atoms with Crippen molar-refractivity contribution in [3.63, 3.8) is 0 Å². The number of alkyl halides is 3. The third kappa shape index (κ3) is 12.0. The van der Waals surface area contributed by atoms with Crippen LogP contribution in [0.2, 0.25) is 0 Å². The maximum absolute atomic E-state index is 13.4. The fourth-order valence-electron chi connectivity index (χ4n) is 4.44. The lowest BCUT2D eigenvalue weighted by atomic mass is 9.94. The van der Waals surface area contributed by atoms with Gasteiger partial charge in [0.25, 0.3) is 5.91 Å². The molecular weight excluding hydrogens is 593 g/mol. The van der Waals surface area contributed by atoms with Gasteiger partial charge in [-0.1, -0.05) is 19.9 Å². The average molecular weight is 631 g/mol. The second-order valence-electron chi connectivity index (χ2n) is 11.0. The van der Waals surface area contributed by atoms with Crippen LogP contribution < -0.4 is 31.3 Å². The Bertz CT molecular complexity index is 1230. The van der Waals surface area contributed by atoms with E-state index < -0.39 is 72.3 Å². The van der Waals surface area contributed by atoms with Gasteiger partial charge in [0.15, 0.2) is 0 Å². The molecule has 3 unspecified atom stereocenters. The number of nitrogens with one attached hydrogen (secondary N) is 5. The van der Waals surface area contributed by atoms with E-state index in [9.17, 15) is 47.0 Å². The lowest BCUT2D eigenvalue weighted by Crippen LogP contribution is -2.57. The summed E-state index contributed by atoms with van der Waals surface area (Å²) in [7, 11) is 0. The molecule has 0 aromatic carbocycles. The van der Waals surface area contributed by atoms with Crippen LogP contribution in [0.5, 0.6) is 5.88 Å². The zero-order valence-corrected chi connectivity index (χ0v) is 24.6. The molecule has 1 aliphatic rings. The van der Waals surface area contributed by atoms with Crippen LogP contribution in [0, 0.1) is 11.8 Å². The molecule has 1 aliphatic heterocycles. The molecule has 5 amide bonds.